The van der Waals surface area contributed by atoms with Crippen LogP contribution in [0, 0.1) is 5.82 Å². The molecule has 1 unspecified atom stereocenters. The highest BCUT2D eigenvalue weighted by atomic mass is 35.5. The maximum Gasteiger partial charge on any atom is 0.241 e. The van der Waals surface area contributed by atoms with Crippen LogP contribution < -0.4 is 10.6 Å². The summed E-state index contributed by atoms with van der Waals surface area (Å²) in [4.78, 5) is 11.7. The van der Waals surface area contributed by atoms with E-state index in [1.54, 1.807) is 6.07 Å². The molecule has 6 heteroatoms. The highest BCUT2D eigenvalue weighted by molar-refractivity contribution is 6.30. The van der Waals surface area contributed by atoms with E-state index in [0.29, 0.717) is 5.69 Å². The molecule has 0 bridgehead atoms. The van der Waals surface area contributed by atoms with Crippen LogP contribution in [-0.4, -0.2) is 18.5 Å². The van der Waals surface area contributed by atoms with Crippen LogP contribution in [0.5, 0.6) is 0 Å². The number of hydrogen-bond acceptors (Lipinski definition) is 2. The molecule has 0 aliphatic carbocycles. The molecule has 2 rings (SSSR count). The fourth-order valence-corrected chi connectivity index (χ4v) is 1.83. The number of halogens is 3. The SMILES string of the molecule is Cl.O=C(Nc1ccc(Cl)c(F)c1)C1CCCN1. The quantitative estimate of drug-likeness (QED) is 0.873. The van der Waals surface area contributed by atoms with Crippen LogP contribution in [0.4, 0.5) is 10.1 Å². The molecule has 0 radical (unpaired) electrons. The molecular weight excluding hydrogens is 266 g/mol. The molecule has 1 amide bonds. The van der Waals surface area contributed by atoms with Crippen LogP contribution in [0.15, 0.2) is 18.2 Å². The Morgan fingerprint density at radius 1 is 1.53 bits per heavy atom. The van der Waals surface area contributed by atoms with Crippen molar-refractivity contribution in [2.24, 2.45) is 0 Å². The number of benzene rings is 1. The van der Waals surface area contributed by atoms with E-state index in [2.05, 4.69) is 10.6 Å². The molecule has 1 aromatic rings. The van der Waals surface area contributed by atoms with E-state index < -0.39 is 5.82 Å². The Labute approximate surface area is 110 Å². The molecule has 3 nitrogen and oxygen atoms in total. The predicted octanol–water partition coefficient (Wildman–Crippen LogP) is 2.59. The van der Waals surface area contributed by atoms with E-state index in [-0.39, 0.29) is 29.4 Å². The van der Waals surface area contributed by atoms with Gasteiger partial charge in [-0.05, 0) is 37.6 Å². The first-order chi connectivity index (χ1) is 7.66. The molecule has 1 aromatic carbocycles. The van der Waals surface area contributed by atoms with Crippen molar-refractivity contribution in [2.75, 3.05) is 11.9 Å². The van der Waals surface area contributed by atoms with Crippen LogP contribution in [-0.2, 0) is 4.79 Å². The third kappa shape index (κ3) is 3.56. The molecular formula is C11H13Cl2FN2O. The maximum atomic E-state index is 13.1. The van der Waals surface area contributed by atoms with E-state index in [4.69, 9.17) is 11.6 Å². The number of carbonyl (C=O) groups excluding carboxylic acids is 1. The van der Waals surface area contributed by atoms with Gasteiger partial charge < -0.3 is 10.6 Å². The Bertz CT molecular complexity index is 408. The summed E-state index contributed by atoms with van der Waals surface area (Å²) in [5.74, 6) is -0.655. The van der Waals surface area contributed by atoms with Gasteiger partial charge in [-0.15, -0.1) is 12.4 Å². The molecule has 1 aliphatic rings. The lowest BCUT2D eigenvalue weighted by molar-refractivity contribution is -0.117. The van der Waals surface area contributed by atoms with Crippen molar-refractivity contribution in [3.8, 4) is 0 Å². The summed E-state index contributed by atoms with van der Waals surface area (Å²) in [5, 5.41) is 5.78. The maximum absolute atomic E-state index is 13.1. The second-order valence-corrected chi connectivity index (χ2v) is 4.17. The Morgan fingerprint density at radius 2 is 2.29 bits per heavy atom. The first-order valence-corrected chi connectivity index (χ1v) is 5.54. The fraction of sp³-hybridized carbons (Fsp3) is 0.364. The average Bonchev–Trinajstić information content (AvgIpc) is 2.77. The van der Waals surface area contributed by atoms with Gasteiger partial charge in [0, 0.05) is 5.69 Å². The zero-order chi connectivity index (χ0) is 11.5. The van der Waals surface area contributed by atoms with Gasteiger partial charge in [0.15, 0.2) is 0 Å². The first-order valence-electron chi connectivity index (χ1n) is 5.16. The standard InChI is InChI=1S/C11H12ClFN2O.ClH/c12-8-4-3-7(6-9(8)13)15-11(16)10-2-1-5-14-10;/h3-4,6,10,14H,1-2,5H2,(H,15,16);1H. The molecule has 0 spiro atoms. The first kappa shape index (κ1) is 14.2. The summed E-state index contributed by atoms with van der Waals surface area (Å²) in [6, 6.07) is 4.06. The van der Waals surface area contributed by atoms with Crippen LogP contribution >= 0.6 is 24.0 Å². The normalized spacial score (nSPS) is 18.6. The number of nitrogens with one attached hydrogen (secondary N) is 2. The largest absolute Gasteiger partial charge is 0.325 e. The number of rotatable bonds is 2. The molecule has 1 saturated heterocycles. The van der Waals surface area contributed by atoms with Crippen molar-refractivity contribution < 1.29 is 9.18 Å². The fourth-order valence-electron chi connectivity index (χ4n) is 1.71. The summed E-state index contributed by atoms with van der Waals surface area (Å²) in [6.07, 6.45) is 1.81. The molecule has 0 saturated carbocycles. The van der Waals surface area contributed by atoms with E-state index in [1.807, 2.05) is 0 Å². The van der Waals surface area contributed by atoms with Crippen LogP contribution in [0.2, 0.25) is 5.02 Å². The van der Waals surface area contributed by atoms with Crippen molar-refractivity contribution in [1.82, 2.24) is 5.32 Å². The third-order valence-corrected chi connectivity index (χ3v) is 2.87. The van der Waals surface area contributed by atoms with Gasteiger partial charge in [0.1, 0.15) is 5.82 Å². The second-order valence-electron chi connectivity index (χ2n) is 3.77. The molecule has 1 aliphatic heterocycles. The van der Waals surface area contributed by atoms with E-state index >= 15 is 0 Å². The van der Waals surface area contributed by atoms with Crippen molar-refractivity contribution in [2.45, 2.75) is 18.9 Å². The van der Waals surface area contributed by atoms with Crippen molar-refractivity contribution >= 4 is 35.6 Å². The van der Waals surface area contributed by atoms with Gasteiger partial charge in [0.05, 0.1) is 11.1 Å². The van der Waals surface area contributed by atoms with Gasteiger partial charge in [-0.2, -0.15) is 0 Å². The van der Waals surface area contributed by atoms with Gasteiger partial charge in [-0.1, -0.05) is 11.6 Å². The summed E-state index contributed by atoms with van der Waals surface area (Å²) in [5.41, 5.74) is 0.431. The number of hydrogen-bond donors (Lipinski definition) is 2. The van der Waals surface area contributed by atoms with Crippen LogP contribution in [0.3, 0.4) is 0 Å². The topological polar surface area (TPSA) is 41.1 Å². The Hall–Kier alpha value is -0.840. The lowest BCUT2D eigenvalue weighted by atomic mass is 10.2. The molecule has 1 fully saturated rings. The second kappa shape index (κ2) is 6.19. The number of anilines is 1. The van der Waals surface area contributed by atoms with Gasteiger partial charge in [0.2, 0.25) is 5.91 Å². The summed E-state index contributed by atoms with van der Waals surface area (Å²) < 4.78 is 13.1. The predicted molar refractivity (Wildman–Crippen MR) is 68.3 cm³/mol. The van der Waals surface area contributed by atoms with Gasteiger partial charge in [-0.25, -0.2) is 4.39 Å². The molecule has 17 heavy (non-hydrogen) atoms. The Morgan fingerprint density at radius 3 is 2.88 bits per heavy atom. The smallest absolute Gasteiger partial charge is 0.241 e. The summed E-state index contributed by atoms with van der Waals surface area (Å²) in [6.45, 7) is 0.854. The van der Waals surface area contributed by atoms with Gasteiger partial charge >= 0.3 is 0 Å². The minimum atomic E-state index is -0.529. The van der Waals surface area contributed by atoms with E-state index in [9.17, 15) is 9.18 Å². The zero-order valence-corrected chi connectivity index (χ0v) is 10.6. The summed E-state index contributed by atoms with van der Waals surface area (Å²) >= 11 is 5.54. The Balaban J connectivity index is 0.00000144. The van der Waals surface area contributed by atoms with E-state index in [1.165, 1.54) is 12.1 Å². The van der Waals surface area contributed by atoms with Gasteiger partial charge in [-0.3, -0.25) is 4.79 Å². The number of amides is 1. The van der Waals surface area contributed by atoms with Crippen molar-refractivity contribution in [1.29, 1.82) is 0 Å². The van der Waals surface area contributed by atoms with E-state index in [0.717, 1.165) is 19.4 Å². The molecule has 1 atom stereocenters. The van der Waals surface area contributed by atoms with Gasteiger partial charge in [0.25, 0.3) is 0 Å². The highest BCUT2D eigenvalue weighted by Gasteiger charge is 2.21. The van der Waals surface area contributed by atoms with Crippen LogP contribution in [0.1, 0.15) is 12.8 Å². The van der Waals surface area contributed by atoms with Crippen molar-refractivity contribution in [3.63, 3.8) is 0 Å². The molecule has 0 aromatic heterocycles. The lowest BCUT2D eigenvalue weighted by Gasteiger charge is -2.11. The van der Waals surface area contributed by atoms with Crippen molar-refractivity contribution in [3.05, 3.63) is 29.0 Å². The zero-order valence-electron chi connectivity index (χ0n) is 9.00. The summed E-state index contributed by atoms with van der Waals surface area (Å²) in [7, 11) is 0. The molecule has 2 N–H and O–H groups in total. The third-order valence-electron chi connectivity index (χ3n) is 2.56. The minimum absolute atomic E-state index is 0. The number of carbonyl (C=O) groups is 1. The molecule has 1 heterocycles. The van der Waals surface area contributed by atoms with Crippen LogP contribution in [0.25, 0.3) is 0 Å². The lowest BCUT2D eigenvalue weighted by Crippen LogP contribution is -2.35. The average molecular weight is 279 g/mol. The Kier molecular flexibility index (Phi) is 5.18. The minimum Gasteiger partial charge on any atom is -0.325 e. The highest BCUT2D eigenvalue weighted by Crippen LogP contribution is 2.19. The molecule has 94 valence electrons. The monoisotopic (exact) mass is 278 g/mol.